The number of carbonyl (C=O) groups excluding carboxylic acids is 1. The SMILES string of the molecule is CCNC(=NCC(C)(C)C(N)=O)NCC(C)(C)c1ccc(CC)cc1. The number of guanidine groups is 1. The van der Waals surface area contributed by atoms with Gasteiger partial charge in [-0.2, -0.15) is 0 Å². The van der Waals surface area contributed by atoms with Gasteiger partial charge in [0.25, 0.3) is 0 Å². The highest BCUT2D eigenvalue weighted by Crippen LogP contribution is 2.23. The van der Waals surface area contributed by atoms with Gasteiger partial charge in [-0.1, -0.05) is 45.0 Å². The zero-order chi connectivity index (χ0) is 19.1. The first kappa shape index (κ1) is 21.0. The highest BCUT2D eigenvalue weighted by molar-refractivity contribution is 5.82. The van der Waals surface area contributed by atoms with Crippen LogP contribution in [0.4, 0.5) is 0 Å². The van der Waals surface area contributed by atoms with Crippen LogP contribution in [0.2, 0.25) is 0 Å². The predicted octanol–water partition coefficient (Wildman–Crippen LogP) is 2.59. The molecule has 0 radical (unpaired) electrons. The molecule has 0 unspecified atom stereocenters. The molecule has 4 N–H and O–H groups in total. The summed E-state index contributed by atoms with van der Waals surface area (Å²) < 4.78 is 0. The number of aliphatic imine (C=N–C) groups is 1. The van der Waals surface area contributed by atoms with Gasteiger partial charge in [0, 0.05) is 18.5 Å². The van der Waals surface area contributed by atoms with Gasteiger partial charge in [0.05, 0.1) is 12.0 Å². The third kappa shape index (κ3) is 6.40. The number of hydrogen-bond donors (Lipinski definition) is 3. The van der Waals surface area contributed by atoms with E-state index in [1.54, 1.807) is 0 Å². The van der Waals surface area contributed by atoms with Crippen LogP contribution >= 0.6 is 0 Å². The zero-order valence-corrected chi connectivity index (χ0v) is 16.6. The normalized spacial score (nSPS) is 12.8. The molecule has 0 aliphatic heterocycles. The second-order valence-corrected chi connectivity index (χ2v) is 7.73. The van der Waals surface area contributed by atoms with Crippen molar-refractivity contribution in [1.82, 2.24) is 10.6 Å². The number of benzene rings is 1. The first-order chi connectivity index (χ1) is 11.6. The van der Waals surface area contributed by atoms with Crippen molar-refractivity contribution < 1.29 is 4.79 Å². The highest BCUT2D eigenvalue weighted by Gasteiger charge is 2.25. The van der Waals surface area contributed by atoms with E-state index in [1.165, 1.54) is 11.1 Å². The van der Waals surface area contributed by atoms with E-state index < -0.39 is 5.41 Å². The zero-order valence-electron chi connectivity index (χ0n) is 16.6. The molecule has 0 spiro atoms. The fourth-order valence-electron chi connectivity index (χ4n) is 2.29. The molecule has 0 atom stereocenters. The fourth-order valence-corrected chi connectivity index (χ4v) is 2.29. The summed E-state index contributed by atoms with van der Waals surface area (Å²) in [5.41, 5.74) is 7.35. The molecule has 25 heavy (non-hydrogen) atoms. The number of nitrogens with zero attached hydrogens (tertiary/aromatic N) is 1. The molecule has 5 heteroatoms. The summed E-state index contributed by atoms with van der Waals surface area (Å²) in [6.07, 6.45) is 1.05. The van der Waals surface area contributed by atoms with E-state index in [-0.39, 0.29) is 11.3 Å². The average Bonchev–Trinajstić information content (AvgIpc) is 2.57. The van der Waals surface area contributed by atoms with Gasteiger partial charge in [-0.15, -0.1) is 0 Å². The van der Waals surface area contributed by atoms with Gasteiger partial charge in [-0.25, -0.2) is 0 Å². The van der Waals surface area contributed by atoms with E-state index in [0.717, 1.165) is 19.5 Å². The summed E-state index contributed by atoms with van der Waals surface area (Å²) in [7, 11) is 0. The van der Waals surface area contributed by atoms with Gasteiger partial charge < -0.3 is 16.4 Å². The summed E-state index contributed by atoms with van der Waals surface area (Å²) in [5, 5.41) is 6.61. The molecule has 1 amide bonds. The lowest BCUT2D eigenvalue weighted by atomic mass is 9.84. The first-order valence-corrected chi connectivity index (χ1v) is 9.04. The van der Waals surface area contributed by atoms with Gasteiger partial charge in [0.2, 0.25) is 5.91 Å². The summed E-state index contributed by atoms with van der Waals surface area (Å²) in [5.74, 6) is 0.360. The number of nitrogens with two attached hydrogens (primary N) is 1. The van der Waals surface area contributed by atoms with Crippen LogP contribution in [0.25, 0.3) is 0 Å². The minimum absolute atomic E-state index is 0.0400. The Morgan fingerprint density at radius 3 is 2.16 bits per heavy atom. The summed E-state index contributed by atoms with van der Waals surface area (Å²) in [6, 6.07) is 8.76. The Labute approximate surface area is 152 Å². The Balaban J connectivity index is 2.79. The molecule has 0 saturated carbocycles. The summed E-state index contributed by atoms with van der Waals surface area (Å²) >= 11 is 0. The van der Waals surface area contributed by atoms with Crippen LogP contribution in [-0.4, -0.2) is 31.5 Å². The molecule has 0 aliphatic rings. The first-order valence-electron chi connectivity index (χ1n) is 9.04. The van der Waals surface area contributed by atoms with Crippen molar-refractivity contribution in [3.63, 3.8) is 0 Å². The molecule has 0 heterocycles. The number of hydrogen-bond acceptors (Lipinski definition) is 2. The fraction of sp³-hybridized carbons (Fsp3) is 0.600. The minimum Gasteiger partial charge on any atom is -0.369 e. The van der Waals surface area contributed by atoms with Crippen LogP contribution in [0.15, 0.2) is 29.3 Å². The molecule has 0 aromatic heterocycles. The van der Waals surface area contributed by atoms with Crippen LogP contribution in [0.5, 0.6) is 0 Å². The van der Waals surface area contributed by atoms with E-state index in [1.807, 2.05) is 20.8 Å². The van der Waals surface area contributed by atoms with Crippen LogP contribution in [0.1, 0.15) is 52.7 Å². The number of aryl methyl sites for hydroxylation is 1. The Morgan fingerprint density at radius 1 is 1.08 bits per heavy atom. The van der Waals surface area contributed by atoms with E-state index in [0.29, 0.717) is 12.5 Å². The van der Waals surface area contributed by atoms with E-state index in [2.05, 4.69) is 60.7 Å². The smallest absolute Gasteiger partial charge is 0.224 e. The standard InChI is InChI=1S/C20H34N4O/c1-7-15-9-11-16(12-10-15)19(3,4)13-23-18(22-8-2)24-14-20(5,6)17(21)25/h9-12H,7-8,13-14H2,1-6H3,(H2,21,25)(H2,22,23,24). The molecule has 0 bridgehead atoms. The third-order valence-electron chi connectivity index (χ3n) is 4.49. The number of amides is 1. The van der Waals surface area contributed by atoms with Gasteiger partial charge in [-0.3, -0.25) is 9.79 Å². The Kier molecular flexibility index (Phi) is 7.46. The second kappa shape index (κ2) is 8.88. The lowest BCUT2D eigenvalue weighted by Crippen LogP contribution is -2.44. The van der Waals surface area contributed by atoms with E-state index >= 15 is 0 Å². The maximum atomic E-state index is 11.5. The molecule has 1 rings (SSSR count). The van der Waals surface area contributed by atoms with Gasteiger partial charge in [-0.05, 0) is 38.3 Å². The van der Waals surface area contributed by atoms with Crippen molar-refractivity contribution in [2.45, 2.75) is 53.4 Å². The molecule has 0 fully saturated rings. The monoisotopic (exact) mass is 346 g/mol. The maximum Gasteiger partial charge on any atom is 0.224 e. The largest absolute Gasteiger partial charge is 0.369 e. The van der Waals surface area contributed by atoms with Crippen LogP contribution < -0.4 is 16.4 Å². The molecule has 1 aromatic rings. The topological polar surface area (TPSA) is 79.5 Å². The van der Waals surface area contributed by atoms with Crippen LogP contribution in [-0.2, 0) is 16.6 Å². The quantitative estimate of drug-likeness (QED) is 0.500. The van der Waals surface area contributed by atoms with Crippen molar-refractivity contribution >= 4 is 11.9 Å². The molecular formula is C20H34N4O. The molecule has 5 nitrogen and oxygen atoms in total. The number of primary amides is 1. The van der Waals surface area contributed by atoms with Crippen molar-refractivity contribution in [3.8, 4) is 0 Å². The minimum atomic E-state index is -0.659. The van der Waals surface area contributed by atoms with Gasteiger partial charge in [0.15, 0.2) is 5.96 Å². The second-order valence-electron chi connectivity index (χ2n) is 7.73. The van der Waals surface area contributed by atoms with Crippen molar-refractivity contribution in [2.75, 3.05) is 19.6 Å². The van der Waals surface area contributed by atoms with E-state index in [9.17, 15) is 4.79 Å². The van der Waals surface area contributed by atoms with Crippen LogP contribution in [0, 0.1) is 5.41 Å². The lowest BCUT2D eigenvalue weighted by Gasteiger charge is -2.27. The summed E-state index contributed by atoms with van der Waals surface area (Å²) in [4.78, 5) is 16.0. The molecule has 1 aromatic carbocycles. The molecular weight excluding hydrogens is 312 g/mol. The van der Waals surface area contributed by atoms with Crippen molar-refractivity contribution in [3.05, 3.63) is 35.4 Å². The van der Waals surface area contributed by atoms with Crippen LogP contribution in [0.3, 0.4) is 0 Å². The molecule has 0 saturated heterocycles. The third-order valence-corrected chi connectivity index (χ3v) is 4.49. The lowest BCUT2D eigenvalue weighted by molar-refractivity contribution is -0.125. The maximum absolute atomic E-state index is 11.5. The number of rotatable bonds is 8. The summed E-state index contributed by atoms with van der Waals surface area (Å²) in [6.45, 7) is 14.1. The number of nitrogens with one attached hydrogen (secondary N) is 2. The highest BCUT2D eigenvalue weighted by atomic mass is 16.1. The molecule has 140 valence electrons. The number of carbonyl (C=O) groups is 1. The average molecular weight is 347 g/mol. The predicted molar refractivity (Wildman–Crippen MR) is 106 cm³/mol. The van der Waals surface area contributed by atoms with Crippen molar-refractivity contribution in [2.24, 2.45) is 16.1 Å². The molecule has 0 aliphatic carbocycles. The van der Waals surface area contributed by atoms with Gasteiger partial charge in [0.1, 0.15) is 0 Å². The van der Waals surface area contributed by atoms with Gasteiger partial charge >= 0.3 is 0 Å². The Bertz CT molecular complexity index is 588. The van der Waals surface area contributed by atoms with Crippen molar-refractivity contribution in [1.29, 1.82) is 0 Å². The Hall–Kier alpha value is -2.04. The Morgan fingerprint density at radius 2 is 1.68 bits per heavy atom. The van der Waals surface area contributed by atoms with E-state index in [4.69, 9.17) is 5.73 Å².